The van der Waals surface area contributed by atoms with E-state index >= 15 is 0 Å². The van der Waals surface area contributed by atoms with Gasteiger partial charge in [0.25, 0.3) is 5.91 Å². The van der Waals surface area contributed by atoms with Crippen molar-refractivity contribution in [2.75, 3.05) is 33.2 Å². The summed E-state index contributed by atoms with van der Waals surface area (Å²) in [6.07, 6.45) is 0. The number of benzene rings is 1. The standard InChI is InChI=1S/C18H23N3O2S/c1-13-4-5-15(10-14(13)2)23-11-17-19-16(12-24-17)18(22)21-8-6-20(3)7-9-21/h4-5,10,12H,6-9,11H2,1-3H3. The van der Waals surface area contributed by atoms with E-state index in [9.17, 15) is 4.79 Å². The van der Waals surface area contributed by atoms with Gasteiger partial charge in [0.1, 0.15) is 23.1 Å². The normalized spacial score (nSPS) is 15.5. The number of rotatable bonds is 4. The highest BCUT2D eigenvalue weighted by atomic mass is 32.1. The van der Waals surface area contributed by atoms with Crippen LogP contribution in [0.4, 0.5) is 0 Å². The van der Waals surface area contributed by atoms with E-state index in [-0.39, 0.29) is 5.91 Å². The van der Waals surface area contributed by atoms with Gasteiger partial charge in [0, 0.05) is 31.6 Å². The Balaban J connectivity index is 1.58. The average molecular weight is 345 g/mol. The third-order valence-electron chi connectivity index (χ3n) is 4.40. The zero-order valence-corrected chi connectivity index (χ0v) is 15.2. The van der Waals surface area contributed by atoms with Crippen LogP contribution in [0.15, 0.2) is 23.6 Å². The lowest BCUT2D eigenvalue weighted by Gasteiger charge is -2.31. The molecule has 3 rings (SSSR count). The zero-order valence-electron chi connectivity index (χ0n) is 14.4. The van der Waals surface area contributed by atoms with Gasteiger partial charge in [-0.15, -0.1) is 11.3 Å². The fraction of sp³-hybridized carbons (Fsp3) is 0.444. The first-order valence-electron chi connectivity index (χ1n) is 8.15. The molecule has 24 heavy (non-hydrogen) atoms. The molecule has 0 saturated carbocycles. The molecule has 0 bridgehead atoms. The monoisotopic (exact) mass is 345 g/mol. The Hall–Kier alpha value is -1.92. The van der Waals surface area contributed by atoms with Crippen LogP contribution in [-0.4, -0.2) is 53.9 Å². The van der Waals surface area contributed by atoms with E-state index in [2.05, 4.69) is 36.8 Å². The second kappa shape index (κ2) is 7.32. The summed E-state index contributed by atoms with van der Waals surface area (Å²) >= 11 is 1.47. The highest BCUT2D eigenvalue weighted by Gasteiger charge is 2.22. The number of thiazole rings is 1. The number of carbonyl (C=O) groups excluding carboxylic acids is 1. The van der Waals surface area contributed by atoms with Gasteiger partial charge in [0.2, 0.25) is 0 Å². The van der Waals surface area contributed by atoms with Crippen LogP contribution in [-0.2, 0) is 6.61 Å². The molecule has 1 aliphatic heterocycles. The highest BCUT2D eigenvalue weighted by Crippen LogP contribution is 2.19. The summed E-state index contributed by atoms with van der Waals surface area (Å²) in [5.41, 5.74) is 2.98. The molecule has 1 aromatic carbocycles. The van der Waals surface area contributed by atoms with Crippen LogP contribution in [0.1, 0.15) is 26.6 Å². The molecule has 2 heterocycles. The molecule has 0 atom stereocenters. The number of aryl methyl sites for hydroxylation is 2. The van der Waals surface area contributed by atoms with E-state index in [0.29, 0.717) is 12.3 Å². The van der Waals surface area contributed by atoms with E-state index in [1.165, 1.54) is 22.5 Å². The molecule has 0 aliphatic carbocycles. The van der Waals surface area contributed by atoms with Crippen LogP contribution in [0.5, 0.6) is 5.75 Å². The predicted octanol–water partition coefficient (Wildman–Crippen LogP) is 2.73. The smallest absolute Gasteiger partial charge is 0.273 e. The number of likely N-dealkylation sites (N-methyl/N-ethyl adjacent to an activating group) is 1. The second-order valence-electron chi connectivity index (χ2n) is 6.26. The SMILES string of the molecule is Cc1ccc(OCc2nc(C(=O)N3CCN(C)CC3)cs2)cc1C. The molecule has 2 aromatic rings. The largest absolute Gasteiger partial charge is 0.486 e. The van der Waals surface area contributed by atoms with Crippen molar-refractivity contribution >= 4 is 17.2 Å². The Morgan fingerprint density at radius 3 is 2.67 bits per heavy atom. The van der Waals surface area contributed by atoms with E-state index in [1.54, 1.807) is 0 Å². The zero-order chi connectivity index (χ0) is 17.1. The first-order valence-corrected chi connectivity index (χ1v) is 9.03. The quantitative estimate of drug-likeness (QED) is 0.855. The lowest BCUT2D eigenvalue weighted by atomic mass is 10.1. The Morgan fingerprint density at radius 2 is 1.96 bits per heavy atom. The molecule has 1 amide bonds. The maximum atomic E-state index is 12.5. The molecule has 0 spiro atoms. The third-order valence-corrected chi connectivity index (χ3v) is 5.22. The fourth-order valence-corrected chi connectivity index (χ4v) is 3.27. The van der Waals surface area contributed by atoms with Gasteiger partial charge < -0.3 is 14.5 Å². The Labute approximate surface area is 146 Å². The summed E-state index contributed by atoms with van der Waals surface area (Å²) in [7, 11) is 2.08. The van der Waals surface area contributed by atoms with Crippen LogP contribution in [0.25, 0.3) is 0 Å². The number of hydrogen-bond donors (Lipinski definition) is 0. The molecule has 0 N–H and O–H groups in total. The van der Waals surface area contributed by atoms with Crippen LogP contribution in [0.2, 0.25) is 0 Å². The van der Waals surface area contributed by atoms with Crippen molar-refractivity contribution in [1.82, 2.24) is 14.8 Å². The summed E-state index contributed by atoms with van der Waals surface area (Å²) < 4.78 is 5.80. The van der Waals surface area contributed by atoms with Crippen LogP contribution < -0.4 is 4.74 Å². The molecule has 1 aromatic heterocycles. The third kappa shape index (κ3) is 3.94. The van der Waals surface area contributed by atoms with Crippen molar-refractivity contribution in [3.05, 3.63) is 45.4 Å². The predicted molar refractivity (Wildman–Crippen MR) is 95.8 cm³/mol. The molecular formula is C18H23N3O2S. The van der Waals surface area contributed by atoms with E-state index in [4.69, 9.17) is 4.74 Å². The average Bonchev–Trinajstić information content (AvgIpc) is 3.05. The van der Waals surface area contributed by atoms with Crippen LogP contribution in [0.3, 0.4) is 0 Å². The molecule has 1 saturated heterocycles. The van der Waals surface area contributed by atoms with Gasteiger partial charge in [-0.2, -0.15) is 0 Å². The minimum absolute atomic E-state index is 0.0248. The van der Waals surface area contributed by atoms with Gasteiger partial charge >= 0.3 is 0 Å². The van der Waals surface area contributed by atoms with Gasteiger partial charge in [0.15, 0.2) is 0 Å². The fourth-order valence-electron chi connectivity index (χ4n) is 2.60. The highest BCUT2D eigenvalue weighted by molar-refractivity contribution is 7.09. The molecule has 6 heteroatoms. The number of piperazine rings is 1. The van der Waals surface area contributed by atoms with Crippen molar-refractivity contribution < 1.29 is 9.53 Å². The maximum Gasteiger partial charge on any atom is 0.273 e. The van der Waals surface area contributed by atoms with Gasteiger partial charge in [0.05, 0.1) is 0 Å². The number of carbonyl (C=O) groups is 1. The van der Waals surface area contributed by atoms with Crippen molar-refractivity contribution in [3.63, 3.8) is 0 Å². The molecule has 0 unspecified atom stereocenters. The lowest BCUT2D eigenvalue weighted by Crippen LogP contribution is -2.47. The van der Waals surface area contributed by atoms with Crippen molar-refractivity contribution in [3.8, 4) is 5.75 Å². The molecule has 5 nitrogen and oxygen atoms in total. The second-order valence-corrected chi connectivity index (χ2v) is 7.20. The number of nitrogens with zero attached hydrogens (tertiary/aromatic N) is 3. The number of hydrogen-bond acceptors (Lipinski definition) is 5. The van der Waals surface area contributed by atoms with Crippen molar-refractivity contribution in [2.45, 2.75) is 20.5 Å². The van der Waals surface area contributed by atoms with Crippen molar-refractivity contribution in [1.29, 1.82) is 0 Å². The topological polar surface area (TPSA) is 45.7 Å². The summed E-state index contributed by atoms with van der Waals surface area (Å²) in [6.45, 7) is 7.90. The van der Waals surface area contributed by atoms with E-state index in [1.807, 2.05) is 22.4 Å². The number of aromatic nitrogens is 1. The molecular weight excluding hydrogens is 322 g/mol. The van der Waals surface area contributed by atoms with Gasteiger partial charge in [-0.1, -0.05) is 6.07 Å². The molecule has 128 valence electrons. The minimum atomic E-state index is 0.0248. The van der Waals surface area contributed by atoms with Crippen molar-refractivity contribution in [2.24, 2.45) is 0 Å². The van der Waals surface area contributed by atoms with E-state index in [0.717, 1.165) is 36.9 Å². The first kappa shape index (κ1) is 16.9. The maximum absolute atomic E-state index is 12.5. The Bertz CT molecular complexity index is 721. The molecule has 1 aliphatic rings. The van der Waals surface area contributed by atoms with Crippen LogP contribution in [0, 0.1) is 13.8 Å². The Kier molecular flexibility index (Phi) is 5.16. The summed E-state index contributed by atoms with van der Waals surface area (Å²) in [5, 5.41) is 2.66. The number of amides is 1. The minimum Gasteiger partial charge on any atom is -0.486 e. The van der Waals surface area contributed by atoms with E-state index < -0.39 is 0 Å². The summed E-state index contributed by atoms with van der Waals surface area (Å²) in [4.78, 5) is 21.0. The lowest BCUT2D eigenvalue weighted by molar-refractivity contribution is 0.0658. The summed E-state index contributed by atoms with van der Waals surface area (Å²) in [5.74, 6) is 0.858. The number of ether oxygens (including phenoxy) is 1. The van der Waals surface area contributed by atoms with Crippen LogP contribution >= 0.6 is 11.3 Å². The Morgan fingerprint density at radius 1 is 1.21 bits per heavy atom. The van der Waals surface area contributed by atoms with Gasteiger partial charge in [-0.25, -0.2) is 4.98 Å². The first-order chi connectivity index (χ1) is 11.5. The van der Waals surface area contributed by atoms with Gasteiger partial charge in [-0.3, -0.25) is 4.79 Å². The molecule has 1 fully saturated rings. The van der Waals surface area contributed by atoms with Gasteiger partial charge in [-0.05, 0) is 44.2 Å². The summed E-state index contributed by atoms with van der Waals surface area (Å²) in [6, 6.07) is 6.04. The molecule has 0 radical (unpaired) electrons.